The highest BCUT2D eigenvalue weighted by Crippen LogP contribution is 2.56. The number of rotatable bonds is 6. The molecule has 2 aromatic carbocycles. The molecule has 4 aliphatic heterocycles. The zero-order chi connectivity index (χ0) is 36.1. The average molecular weight is 707 g/mol. The zero-order valence-electron chi connectivity index (χ0n) is 31.6. The summed E-state index contributed by atoms with van der Waals surface area (Å²) in [6.07, 6.45) is 6.51. The lowest BCUT2D eigenvalue weighted by Crippen LogP contribution is -2.67. The second-order valence-corrected chi connectivity index (χ2v) is 16.7. The fourth-order valence-electron chi connectivity index (χ4n) is 12.4. The van der Waals surface area contributed by atoms with Crippen LogP contribution >= 0.6 is 0 Å². The Labute approximate surface area is 306 Å². The highest BCUT2D eigenvalue weighted by Gasteiger charge is 2.63. The third kappa shape index (κ3) is 4.73. The number of nitrogens with zero attached hydrogens (tertiary/aromatic N) is 2. The number of methoxy groups -OCH3 is 3. The zero-order valence-corrected chi connectivity index (χ0v) is 31.6. The first-order chi connectivity index (χ1) is 25.3. The topological polar surface area (TPSA) is 99.9 Å². The molecule has 4 fully saturated rings. The molecule has 10 rings (SSSR count). The number of aromatic amines is 2. The number of carbonyl (C=O) groups excluding carboxylic acids is 2. The van der Waals surface area contributed by atoms with Gasteiger partial charge in [0.05, 0.1) is 27.2 Å². The fourth-order valence-corrected chi connectivity index (χ4v) is 12.4. The van der Waals surface area contributed by atoms with E-state index in [-0.39, 0.29) is 41.8 Å². The molecule has 2 aliphatic carbocycles. The number of fused-ring (bicyclic) bond motifs is 9. The van der Waals surface area contributed by atoms with Gasteiger partial charge in [-0.25, -0.2) is 0 Å². The van der Waals surface area contributed by atoms with Gasteiger partial charge in [0.25, 0.3) is 0 Å². The molecular formula is C43H54N4O5. The van der Waals surface area contributed by atoms with Crippen molar-refractivity contribution < 1.29 is 23.8 Å². The average Bonchev–Trinajstić information content (AvgIpc) is 3.69. The van der Waals surface area contributed by atoms with E-state index >= 15 is 0 Å². The maximum absolute atomic E-state index is 14.2. The summed E-state index contributed by atoms with van der Waals surface area (Å²) in [4.78, 5) is 40.9. The first-order valence-corrected chi connectivity index (χ1v) is 19.7. The number of likely N-dealkylation sites (tertiary alicyclic amines) is 1. The van der Waals surface area contributed by atoms with E-state index in [4.69, 9.17) is 14.2 Å². The third-order valence-corrected chi connectivity index (χ3v) is 14.6. The van der Waals surface area contributed by atoms with Gasteiger partial charge in [0, 0.05) is 82.5 Å². The summed E-state index contributed by atoms with van der Waals surface area (Å²) in [7, 11) is 7.06. The maximum atomic E-state index is 14.2. The number of nitrogens with one attached hydrogen (secondary N) is 2. The number of carbonyl (C=O) groups is 2. The van der Waals surface area contributed by atoms with E-state index in [1.54, 1.807) is 21.3 Å². The Morgan fingerprint density at radius 1 is 0.923 bits per heavy atom. The van der Waals surface area contributed by atoms with Gasteiger partial charge in [0.15, 0.2) is 0 Å². The summed E-state index contributed by atoms with van der Waals surface area (Å²) < 4.78 is 17.6. The smallest absolute Gasteiger partial charge is 0.319 e. The SMILES string of the molecule is CCC1CN(C)C2Cc3c([nH]c4ccccc34)C(c3cc4c5c([nH]c4cc3OC)C3(C(=O)OC)CC4CC(CC)C3N(CC5)C4)CC1C2C(=O)OC. The quantitative estimate of drug-likeness (QED) is 0.219. The monoisotopic (exact) mass is 706 g/mol. The molecule has 1 saturated carbocycles. The summed E-state index contributed by atoms with van der Waals surface area (Å²) in [6.45, 7) is 7.49. The third-order valence-electron chi connectivity index (χ3n) is 14.6. The lowest BCUT2D eigenvalue weighted by atomic mass is 9.56. The number of ether oxygens (including phenoxy) is 3. The summed E-state index contributed by atoms with van der Waals surface area (Å²) in [5.74, 6) is 1.78. The number of para-hydroxylation sites is 1. The fraction of sp³-hybridized carbons (Fsp3) is 0.581. The molecule has 10 unspecified atom stereocenters. The van der Waals surface area contributed by atoms with Gasteiger partial charge in [-0.05, 0) is 86.1 Å². The lowest BCUT2D eigenvalue weighted by molar-refractivity contribution is -0.162. The minimum atomic E-state index is -0.718. The molecule has 6 aliphatic rings. The minimum absolute atomic E-state index is 0.0355. The first-order valence-electron chi connectivity index (χ1n) is 19.7. The van der Waals surface area contributed by atoms with Crippen molar-refractivity contribution in [1.82, 2.24) is 19.8 Å². The van der Waals surface area contributed by atoms with Crippen molar-refractivity contribution in [3.8, 4) is 5.75 Å². The van der Waals surface area contributed by atoms with Gasteiger partial charge in [-0.15, -0.1) is 0 Å². The number of piperidine rings is 3. The molecule has 4 aromatic rings. The van der Waals surface area contributed by atoms with Crippen molar-refractivity contribution in [2.24, 2.45) is 29.6 Å². The predicted molar refractivity (Wildman–Crippen MR) is 202 cm³/mol. The Kier molecular flexibility index (Phi) is 8.27. The van der Waals surface area contributed by atoms with Crippen LogP contribution in [0.15, 0.2) is 36.4 Å². The van der Waals surface area contributed by atoms with Crippen LogP contribution in [0.1, 0.15) is 79.9 Å². The van der Waals surface area contributed by atoms with Gasteiger partial charge in [-0.3, -0.25) is 14.5 Å². The molecule has 6 bridgehead atoms. The molecule has 0 amide bonds. The number of hydrogen-bond donors (Lipinski definition) is 2. The van der Waals surface area contributed by atoms with E-state index in [1.807, 2.05) is 0 Å². The van der Waals surface area contributed by atoms with Crippen molar-refractivity contribution in [3.63, 3.8) is 0 Å². The highest BCUT2D eigenvalue weighted by atomic mass is 16.5. The van der Waals surface area contributed by atoms with Crippen LogP contribution in [0, 0.1) is 29.6 Å². The Morgan fingerprint density at radius 3 is 2.48 bits per heavy atom. The highest BCUT2D eigenvalue weighted by molar-refractivity contribution is 5.93. The van der Waals surface area contributed by atoms with Crippen molar-refractivity contribution in [2.75, 3.05) is 48.0 Å². The van der Waals surface area contributed by atoms with Crippen LogP contribution in [0.4, 0.5) is 0 Å². The van der Waals surface area contributed by atoms with Crippen LogP contribution in [0.5, 0.6) is 5.75 Å². The number of H-pyrrole nitrogens is 2. The second-order valence-electron chi connectivity index (χ2n) is 16.7. The Hall–Kier alpha value is -3.82. The van der Waals surface area contributed by atoms with Crippen molar-refractivity contribution in [1.29, 1.82) is 0 Å². The molecule has 0 spiro atoms. The number of aromatic nitrogens is 2. The van der Waals surface area contributed by atoms with Crippen LogP contribution in [-0.2, 0) is 37.3 Å². The van der Waals surface area contributed by atoms with Crippen LogP contribution in [-0.4, -0.2) is 91.8 Å². The minimum Gasteiger partial charge on any atom is -0.496 e. The molecule has 3 saturated heterocycles. The molecule has 2 N–H and O–H groups in total. The van der Waals surface area contributed by atoms with Crippen LogP contribution in [0.2, 0.25) is 0 Å². The largest absolute Gasteiger partial charge is 0.496 e. The molecule has 9 nitrogen and oxygen atoms in total. The van der Waals surface area contributed by atoms with E-state index in [1.165, 1.54) is 34.0 Å². The van der Waals surface area contributed by atoms with E-state index < -0.39 is 5.41 Å². The van der Waals surface area contributed by atoms with Gasteiger partial charge in [0.1, 0.15) is 11.2 Å². The predicted octanol–water partition coefficient (Wildman–Crippen LogP) is 6.57. The van der Waals surface area contributed by atoms with Gasteiger partial charge >= 0.3 is 11.9 Å². The van der Waals surface area contributed by atoms with Gasteiger partial charge in [0.2, 0.25) is 0 Å². The number of benzene rings is 2. The van der Waals surface area contributed by atoms with E-state index in [0.29, 0.717) is 17.8 Å². The maximum Gasteiger partial charge on any atom is 0.319 e. The first kappa shape index (κ1) is 34.0. The van der Waals surface area contributed by atoms with Crippen LogP contribution < -0.4 is 4.74 Å². The van der Waals surface area contributed by atoms with Crippen molar-refractivity contribution >= 4 is 33.7 Å². The molecular weight excluding hydrogens is 652 g/mol. The van der Waals surface area contributed by atoms with Crippen molar-refractivity contribution in [2.45, 2.75) is 82.2 Å². The molecule has 2 aromatic heterocycles. The molecule has 276 valence electrons. The Bertz CT molecular complexity index is 2050. The van der Waals surface area contributed by atoms with Crippen molar-refractivity contribution in [3.05, 3.63) is 64.5 Å². The number of esters is 2. The van der Waals surface area contributed by atoms with Crippen LogP contribution in [0.25, 0.3) is 21.8 Å². The number of hydrogen-bond acceptors (Lipinski definition) is 7. The molecule has 6 heterocycles. The van der Waals surface area contributed by atoms with Crippen LogP contribution in [0.3, 0.4) is 0 Å². The summed E-state index contributed by atoms with van der Waals surface area (Å²) in [5, 5.41) is 2.39. The van der Waals surface area contributed by atoms with E-state index in [2.05, 4.69) is 77.1 Å². The van der Waals surface area contributed by atoms with Gasteiger partial charge in [-0.1, -0.05) is 44.9 Å². The van der Waals surface area contributed by atoms with Gasteiger partial charge in [-0.2, -0.15) is 0 Å². The second kappa shape index (κ2) is 12.7. The summed E-state index contributed by atoms with van der Waals surface area (Å²) >= 11 is 0. The Balaban J connectivity index is 1.27. The number of likely N-dealkylation sites (N-methyl/N-ethyl adjacent to an activating group) is 1. The molecule has 10 atom stereocenters. The van der Waals surface area contributed by atoms with E-state index in [9.17, 15) is 9.59 Å². The normalized spacial score (nSPS) is 33.8. The molecule has 9 heteroatoms. The molecule has 0 radical (unpaired) electrons. The standard InChI is InChI=1S/C43H54N4O5/c1-7-24-15-23-20-43(42(49)52-6)39-27(13-14-47(21-23)40(24)43)29-17-30(36(50-4)19-34(29)45-39)31-16-28-25(8-2)22-46(3)35(37(28)41(48)51-5)18-32-26-11-9-10-12-33(26)44-38(31)32/h9-12,17,19,23-25,28,31,35,37,40,44-45H,7-8,13-16,18,20-22H2,1-6H3. The summed E-state index contributed by atoms with van der Waals surface area (Å²) in [5.41, 5.74) is 7.35. The molecule has 52 heavy (non-hydrogen) atoms. The lowest BCUT2D eigenvalue weighted by Gasteiger charge is -2.57. The Morgan fingerprint density at radius 2 is 1.73 bits per heavy atom. The summed E-state index contributed by atoms with van der Waals surface area (Å²) in [6, 6.07) is 13.3. The van der Waals surface area contributed by atoms with Gasteiger partial charge < -0.3 is 29.1 Å². The van der Waals surface area contributed by atoms with E-state index in [0.717, 1.165) is 86.2 Å².